The second-order valence-corrected chi connectivity index (χ2v) is 5.87. The van der Waals surface area contributed by atoms with Crippen LogP contribution >= 0.6 is 0 Å². The molecule has 132 valence electrons. The van der Waals surface area contributed by atoms with Crippen LogP contribution in [-0.2, 0) is 13.0 Å². The fraction of sp³-hybridized carbons (Fsp3) is 0.143. The number of anilines is 1. The van der Waals surface area contributed by atoms with E-state index in [9.17, 15) is 9.18 Å². The molecule has 0 atom stereocenters. The Bertz CT molecular complexity index is 868. The zero-order valence-corrected chi connectivity index (χ0v) is 14.3. The minimum Gasteiger partial charge on any atom is -0.366 e. The SMILES string of the molecule is O=C(NCCc1ccccc1F)c1ccnc(NCc2ccccc2)c1. The summed E-state index contributed by atoms with van der Waals surface area (Å²) in [6, 6.07) is 19.9. The predicted octanol–water partition coefficient (Wildman–Crippen LogP) is 3.81. The number of carbonyl (C=O) groups is 1. The summed E-state index contributed by atoms with van der Waals surface area (Å²) in [6.07, 6.45) is 2.04. The first-order valence-corrected chi connectivity index (χ1v) is 8.48. The number of benzene rings is 2. The molecule has 0 spiro atoms. The molecule has 2 N–H and O–H groups in total. The summed E-state index contributed by atoms with van der Waals surface area (Å²) in [7, 11) is 0. The molecule has 0 radical (unpaired) electrons. The number of nitrogens with one attached hydrogen (secondary N) is 2. The van der Waals surface area contributed by atoms with Crippen molar-refractivity contribution in [3.05, 3.63) is 95.4 Å². The maximum absolute atomic E-state index is 13.6. The molecule has 0 unspecified atom stereocenters. The van der Waals surface area contributed by atoms with E-state index in [0.717, 1.165) is 5.56 Å². The summed E-state index contributed by atoms with van der Waals surface area (Å²) in [5.41, 5.74) is 2.24. The number of hydrogen-bond donors (Lipinski definition) is 2. The van der Waals surface area contributed by atoms with Crippen LogP contribution in [0.1, 0.15) is 21.5 Å². The maximum Gasteiger partial charge on any atom is 0.251 e. The standard InChI is InChI=1S/C21H20FN3O/c22-19-9-5-4-8-17(19)10-13-24-21(26)18-11-12-23-20(14-18)25-15-16-6-2-1-3-7-16/h1-9,11-12,14H,10,13,15H2,(H,23,25)(H,24,26). The van der Waals surface area contributed by atoms with Crippen molar-refractivity contribution in [1.82, 2.24) is 10.3 Å². The van der Waals surface area contributed by atoms with Gasteiger partial charge >= 0.3 is 0 Å². The molecule has 3 aromatic rings. The average Bonchev–Trinajstić information content (AvgIpc) is 2.69. The van der Waals surface area contributed by atoms with Gasteiger partial charge in [-0.15, -0.1) is 0 Å². The number of hydrogen-bond acceptors (Lipinski definition) is 3. The van der Waals surface area contributed by atoms with Crippen molar-refractivity contribution in [2.24, 2.45) is 0 Å². The fourth-order valence-corrected chi connectivity index (χ4v) is 2.57. The van der Waals surface area contributed by atoms with Crippen LogP contribution in [0.5, 0.6) is 0 Å². The van der Waals surface area contributed by atoms with Gasteiger partial charge in [0.1, 0.15) is 11.6 Å². The van der Waals surface area contributed by atoms with Crippen molar-refractivity contribution in [3.63, 3.8) is 0 Å². The highest BCUT2D eigenvalue weighted by Crippen LogP contribution is 2.10. The van der Waals surface area contributed by atoms with Crippen molar-refractivity contribution >= 4 is 11.7 Å². The fourth-order valence-electron chi connectivity index (χ4n) is 2.57. The first-order chi connectivity index (χ1) is 12.7. The highest BCUT2D eigenvalue weighted by Gasteiger charge is 2.07. The third kappa shape index (κ3) is 4.89. The Hall–Kier alpha value is -3.21. The molecule has 1 heterocycles. The molecular weight excluding hydrogens is 329 g/mol. The van der Waals surface area contributed by atoms with Crippen LogP contribution in [0.3, 0.4) is 0 Å². The molecular formula is C21H20FN3O. The van der Waals surface area contributed by atoms with Crippen molar-refractivity contribution in [1.29, 1.82) is 0 Å². The molecule has 2 aromatic carbocycles. The molecule has 0 aliphatic heterocycles. The van der Waals surface area contributed by atoms with Gasteiger partial charge in [-0.25, -0.2) is 9.37 Å². The Labute approximate surface area is 152 Å². The van der Waals surface area contributed by atoms with E-state index in [0.29, 0.717) is 36.5 Å². The lowest BCUT2D eigenvalue weighted by molar-refractivity contribution is 0.0954. The van der Waals surface area contributed by atoms with Gasteiger partial charge in [-0.1, -0.05) is 48.5 Å². The van der Waals surface area contributed by atoms with Gasteiger partial charge in [-0.05, 0) is 35.7 Å². The van der Waals surface area contributed by atoms with Gasteiger partial charge < -0.3 is 10.6 Å². The normalized spacial score (nSPS) is 10.3. The third-order valence-corrected chi connectivity index (χ3v) is 3.98. The Morgan fingerprint density at radius 2 is 1.77 bits per heavy atom. The summed E-state index contributed by atoms with van der Waals surface area (Å²) in [5.74, 6) is 0.181. The van der Waals surface area contributed by atoms with E-state index in [4.69, 9.17) is 0 Å². The lowest BCUT2D eigenvalue weighted by atomic mass is 10.1. The Balaban J connectivity index is 1.53. The van der Waals surface area contributed by atoms with Crippen LogP contribution in [0.15, 0.2) is 72.9 Å². The van der Waals surface area contributed by atoms with Gasteiger partial charge in [0.2, 0.25) is 0 Å². The number of nitrogens with zero attached hydrogens (tertiary/aromatic N) is 1. The number of rotatable bonds is 7. The summed E-state index contributed by atoms with van der Waals surface area (Å²) in [5, 5.41) is 6.02. The average molecular weight is 349 g/mol. The monoisotopic (exact) mass is 349 g/mol. The van der Waals surface area contributed by atoms with Gasteiger partial charge in [0, 0.05) is 24.8 Å². The molecule has 0 fully saturated rings. The van der Waals surface area contributed by atoms with Gasteiger partial charge in [0.25, 0.3) is 5.91 Å². The minimum atomic E-state index is -0.252. The second-order valence-electron chi connectivity index (χ2n) is 5.87. The number of aromatic nitrogens is 1. The molecule has 1 aromatic heterocycles. The van der Waals surface area contributed by atoms with Crippen molar-refractivity contribution < 1.29 is 9.18 Å². The maximum atomic E-state index is 13.6. The molecule has 3 rings (SSSR count). The van der Waals surface area contributed by atoms with Crippen LogP contribution in [0, 0.1) is 5.82 Å². The Kier molecular flexibility index (Phi) is 5.93. The van der Waals surface area contributed by atoms with Crippen LogP contribution in [0.4, 0.5) is 10.2 Å². The molecule has 5 heteroatoms. The first kappa shape index (κ1) is 17.6. The quantitative estimate of drug-likeness (QED) is 0.682. The van der Waals surface area contributed by atoms with E-state index < -0.39 is 0 Å². The number of pyridine rings is 1. The number of carbonyl (C=O) groups excluding carboxylic acids is 1. The van der Waals surface area contributed by atoms with Crippen molar-refractivity contribution in [2.75, 3.05) is 11.9 Å². The highest BCUT2D eigenvalue weighted by atomic mass is 19.1. The molecule has 4 nitrogen and oxygen atoms in total. The summed E-state index contributed by atoms with van der Waals surface area (Å²) >= 11 is 0. The van der Waals surface area contributed by atoms with Gasteiger partial charge in [0.15, 0.2) is 0 Å². The van der Waals surface area contributed by atoms with E-state index in [1.54, 1.807) is 36.5 Å². The summed E-state index contributed by atoms with van der Waals surface area (Å²) in [4.78, 5) is 16.5. The molecule has 0 saturated heterocycles. The van der Waals surface area contributed by atoms with Gasteiger partial charge in [0.05, 0.1) is 0 Å². The first-order valence-electron chi connectivity index (χ1n) is 8.48. The van der Waals surface area contributed by atoms with E-state index in [1.807, 2.05) is 30.3 Å². The zero-order chi connectivity index (χ0) is 18.2. The van der Waals surface area contributed by atoms with Crippen LogP contribution in [0.2, 0.25) is 0 Å². The number of halogens is 1. The van der Waals surface area contributed by atoms with E-state index in [1.165, 1.54) is 6.07 Å². The largest absolute Gasteiger partial charge is 0.366 e. The lowest BCUT2D eigenvalue weighted by Crippen LogP contribution is -2.26. The predicted molar refractivity (Wildman–Crippen MR) is 100 cm³/mol. The van der Waals surface area contributed by atoms with Gasteiger partial charge in [-0.2, -0.15) is 0 Å². The topological polar surface area (TPSA) is 54.0 Å². The molecule has 1 amide bonds. The minimum absolute atomic E-state index is 0.202. The third-order valence-electron chi connectivity index (χ3n) is 3.98. The highest BCUT2D eigenvalue weighted by molar-refractivity contribution is 5.94. The number of amides is 1. The smallest absolute Gasteiger partial charge is 0.251 e. The molecule has 0 aliphatic carbocycles. The van der Waals surface area contributed by atoms with E-state index >= 15 is 0 Å². The van der Waals surface area contributed by atoms with E-state index in [-0.39, 0.29) is 11.7 Å². The molecule has 0 saturated carbocycles. The Morgan fingerprint density at radius 1 is 1.00 bits per heavy atom. The molecule has 0 aliphatic rings. The van der Waals surface area contributed by atoms with Crippen molar-refractivity contribution in [2.45, 2.75) is 13.0 Å². The second kappa shape index (κ2) is 8.76. The Morgan fingerprint density at radius 3 is 2.58 bits per heavy atom. The molecule has 26 heavy (non-hydrogen) atoms. The van der Waals surface area contributed by atoms with Crippen LogP contribution < -0.4 is 10.6 Å². The van der Waals surface area contributed by atoms with Crippen molar-refractivity contribution in [3.8, 4) is 0 Å². The summed E-state index contributed by atoms with van der Waals surface area (Å²) < 4.78 is 13.6. The van der Waals surface area contributed by atoms with E-state index in [2.05, 4.69) is 15.6 Å². The van der Waals surface area contributed by atoms with Crippen LogP contribution in [-0.4, -0.2) is 17.4 Å². The molecule has 0 bridgehead atoms. The van der Waals surface area contributed by atoms with Gasteiger partial charge in [-0.3, -0.25) is 4.79 Å². The zero-order valence-electron chi connectivity index (χ0n) is 14.3. The lowest BCUT2D eigenvalue weighted by Gasteiger charge is -2.09. The summed E-state index contributed by atoms with van der Waals surface area (Å²) in [6.45, 7) is 1.00. The van der Waals surface area contributed by atoms with Crippen LogP contribution in [0.25, 0.3) is 0 Å².